The number of aldehydes is 1. The number of hydrogen-bond donors (Lipinski definition) is 0. The van der Waals surface area contributed by atoms with Gasteiger partial charge in [-0.1, -0.05) is 68.7 Å². The summed E-state index contributed by atoms with van der Waals surface area (Å²) < 4.78 is 12.4. The summed E-state index contributed by atoms with van der Waals surface area (Å²) in [4.78, 5) is 24.8. The van der Waals surface area contributed by atoms with Crippen LogP contribution < -0.4 is 0 Å². The lowest BCUT2D eigenvalue weighted by Crippen LogP contribution is -2.62. The molecule has 6 aliphatic rings. The van der Waals surface area contributed by atoms with Crippen LogP contribution in [0.4, 0.5) is 0 Å². The molecule has 0 N–H and O–H groups in total. The Hall–Kier alpha value is -0.740. The molecule has 41 heavy (non-hydrogen) atoms. The molecule has 6 fully saturated rings. The molecule has 11 atom stereocenters. The van der Waals surface area contributed by atoms with E-state index in [2.05, 4.69) is 34.6 Å². The van der Waals surface area contributed by atoms with Crippen LogP contribution in [0.1, 0.15) is 146 Å². The Balaban J connectivity index is 0.000000725. The predicted molar refractivity (Wildman–Crippen MR) is 170 cm³/mol. The normalized spacial score (nSPS) is 46.5. The smallest absolute Gasteiger partial charge is 0.157 e. The molecule has 4 heteroatoms. The Morgan fingerprint density at radius 2 is 1.59 bits per heavy atom. The molecular weight excluding hydrogens is 508 g/mol. The van der Waals surface area contributed by atoms with Crippen LogP contribution >= 0.6 is 0 Å². The van der Waals surface area contributed by atoms with Gasteiger partial charge < -0.3 is 14.3 Å². The average molecular weight is 575 g/mol. The van der Waals surface area contributed by atoms with Gasteiger partial charge in [0.05, 0.1) is 12.5 Å². The van der Waals surface area contributed by atoms with Gasteiger partial charge in [-0.25, -0.2) is 0 Å². The molecule has 4 nitrogen and oxygen atoms in total. The largest absolute Gasteiger partial charge is 0.353 e. The second-order valence-electron chi connectivity index (χ2n) is 14.9. The number of carbonyl (C=O) groups is 2. The SMILES string of the molecule is C.CC.CC1C(=O)C(C=O)CC2(C)C1CCC1(C)C3CCC4(COC5CCCCO5)CCCC4C3CCC21.CCC. The van der Waals surface area contributed by atoms with Gasteiger partial charge in [0.25, 0.3) is 0 Å². The topological polar surface area (TPSA) is 52.6 Å². The van der Waals surface area contributed by atoms with Crippen LogP contribution in [0.25, 0.3) is 0 Å². The van der Waals surface area contributed by atoms with Crippen molar-refractivity contribution in [1.82, 2.24) is 0 Å². The van der Waals surface area contributed by atoms with Gasteiger partial charge in [0.15, 0.2) is 6.29 Å². The molecule has 0 aromatic heterocycles. The van der Waals surface area contributed by atoms with Crippen LogP contribution in [0.2, 0.25) is 0 Å². The molecule has 5 saturated carbocycles. The molecule has 6 rings (SSSR count). The number of hydrogen-bond acceptors (Lipinski definition) is 4. The molecule has 0 spiro atoms. The quantitative estimate of drug-likeness (QED) is 0.248. The van der Waals surface area contributed by atoms with Crippen LogP contribution in [0.5, 0.6) is 0 Å². The van der Waals surface area contributed by atoms with Crippen LogP contribution in [0.3, 0.4) is 0 Å². The van der Waals surface area contributed by atoms with E-state index in [1.165, 1.54) is 77.0 Å². The highest BCUT2D eigenvalue weighted by Crippen LogP contribution is 2.71. The number of rotatable bonds is 4. The van der Waals surface area contributed by atoms with E-state index in [0.717, 1.165) is 50.1 Å². The van der Waals surface area contributed by atoms with Gasteiger partial charge in [-0.05, 0) is 123 Å². The average Bonchev–Trinajstić information content (AvgIpc) is 3.41. The fourth-order valence-electron chi connectivity index (χ4n) is 11.4. The summed E-state index contributed by atoms with van der Waals surface area (Å²) in [7, 11) is 0. The number of Topliss-reactive ketones (excluding diaryl/α,β-unsaturated/α-hetero) is 1. The number of fused-ring (bicyclic) bond motifs is 7. The zero-order chi connectivity index (χ0) is 29.1. The van der Waals surface area contributed by atoms with E-state index in [1.807, 2.05) is 13.8 Å². The van der Waals surface area contributed by atoms with E-state index >= 15 is 0 Å². The van der Waals surface area contributed by atoms with Gasteiger partial charge in [-0.3, -0.25) is 4.79 Å². The van der Waals surface area contributed by atoms with Crippen molar-refractivity contribution in [1.29, 1.82) is 0 Å². The van der Waals surface area contributed by atoms with E-state index in [0.29, 0.717) is 22.7 Å². The molecule has 1 heterocycles. The number of ether oxygens (including phenoxy) is 2. The van der Waals surface area contributed by atoms with Gasteiger partial charge in [-0.15, -0.1) is 0 Å². The van der Waals surface area contributed by atoms with Gasteiger partial charge in [0.2, 0.25) is 0 Å². The molecule has 0 aromatic rings. The van der Waals surface area contributed by atoms with Gasteiger partial charge in [0, 0.05) is 12.5 Å². The molecule has 0 amide bonds. The molecule has 0 bridgehead atoms. The maximum absolute atomic E-state index is 12.9. The Bertz CT molecular complexity index is 850. The lowest BCUT2D eigenvalue weighted by atomic mass is 9.37. The molecule has 0 radical (unpaired) electrons. The third-order valence-electron chi connectivity index (χ3n) is 13.0. The molecule has 5 aliphatic carbocycles. The minimum atomic E-state index is -0.376. The van der Waals surface area contributed by atoms with Crippen LogP contribution in [0.15, 0.2) is 0 Å². The maximum Gasteiger partial charge on any atom is 0.157 e. The first-order chi connectivity index (χ1) is 19.2. The lowest BCUT2D eigenvalue weighted by Gasteiger charge is -2.67. The van der Waals surface area contributed by atoms with Crippen molar-refractivity contribution in [2.24, 2.45) is 57.7 Å². The molecule has 1 saturated heterocycles. The summed E-state index contributed by atoms with van der Waals surface area (Å²) in [6.45, 7) is 17.2. The lowest BCUT2D eigenvalue weighted by molar-refractivity contribution is -0.211. The highest BCUT2D eigenvalue weighted by molar-refractivity contribution is 5.95. The van der Waals surface area contributed by atoms with E-state index in [-0.39, 0.29) is 36.8 Å². The third kappa shape index (κ3) is 6.13. The molecule has 11 unspecified atom stereocenters. The van der Waals surface area contributed by atoms with Crippen LogP contribution in [-0.2, 0) is 19.1 Å². The number of carbonyl (C=O) groups excluding carboxylic acids is 2. The van der Waals surface area contributed by atoms with E-state index in [4.69, 9.17) is 9.47 Å². The minimum absolute atomic E-state index is 0. The molecule has 1 aliphatic heterocycles. The first-order valence-corrected chi connectivity index (χ1v) is 17.5. The first kappa shape index (κ1) is 34.7. The first-order valence-electron chi connectivity index (χ1n) is 17.5. The second kappa shape index (κ2) is 14.4. The van der Waals surface area contributed by atoms with E-state index in [1.54, 1.807) is 0 Å². The zero-order valence-electron chi connectivity index (χ0n) is 27.1. The molecule has 238 valence electrons. The van der Waals surface area contributed by atoms with Crippen molar-refractivity contribution in [2.75, 3.05) is 13.2 Å². The Morgan fingerprint density at radius 1 is 0.878 bits per heavy atom. The Kier molecular flexibility index (Phi) is 12.2. The Morgan fingerprint density at radius 3 is 2.24 bits per heavy atom. The summed E-state index contributed by atoms with van der Waals surface area (Å²) in [6.07, 6.45) is 18.4. The maximum atomic E-state index is 12.9. The van der Waals surface area contributed by atoms with Crippen LogP contribution in [-0.4, -0.2) is 31.6 Å². The van der Waals surface area contributed by atoms with E-state index < -0.39 is 0 Å². The fourth-order valence-corrected chi connectivity index (χ4v) is 11.4. The summed E-state index contributed by atoms with van der Waals surface area (Å²) >= 11 is 0. The van der Waals surface area contributed by atoms with Crippen molar-refractivity contribution in [3.8, 4) is 0 Å². The number of ketones is 1. The summed E-state index contributed by atoms with van der Waals surface area (Å²) in [5, 5.41) is 0. The third-order valence-corrected chi connectivity index (χ3v) is 13.0. The monoisotopic (exact) mass is 574 g/mol. The standard InChI is InChI=1S/C31H48O4.C3H8.C2H6.CH4/c1-20-23-11-14-29(2)24-12-15-31(19-35-27-8-4-5-16-34-27)13-6-7-25(31)22(24)9-10-26(29)30(23,3)17-21(18-32)28(20)33;1-3-2;1-2;/h18,20-27H,4-17,19H2,1-3H3;3H2,1-2H3;1-2H3;1H4. The molecule has 0 aromatic carbocycles. The van der Waals surface area contributed by atoms with Gasteiger partial charge in [-0.2, -0.15) is 0 Å². The van der Waals surface area contributed by atoms with Gasteiger partial charge >= 0.3 is 0 Å². The van der Waals surface area contributed by atoms with Gasteiger partial charge in [0.1, 0.15) is 12.1 Å². The summed E-state index contributed by atoms with van der Waals surface area (Å²) in [5.74, 6) is 3.42. The minimum Gasteiger partial charge on any atom is -0.353 e. The van der Waals surface area contributed by atoms with Crippen molar-refractivity contribution in [3.05, 3.63) is 0 Å². The second-order valence-corrected chi connectivity index (χ2v) is 14.9. The highest BCUT2D eigenvalue weighted by atomic mass is 16.7. The van der Waals surface area contributed by atoms with Crippen molar-refractivity contribution >= 4 is 12.1 Å². The summed E-state index contributed by atoms with van der Waals surface area (Å²) in [6, 6.07) is 0. The fraction of sp³-hybridized carbons (Fsp3) is 0.946. The predicted octanol–water partition coefficient (Wildman–Crippen LogP) is 9.68. The van der Waals surface area contributed by atoms with Crippen molar-refractivity contribution in [2.45, 2.75) is 152 Å². The molecular formula is C37H66O4. The summed E-state index contributed by atoms with van der Waals surface area (Å²) in [5.41, 5.74) is 0.854. The van der Waals surface area contributed by atoms with Crippen molar-refractivity contribution < 1.29 is 19.1 Å². The highest BCUT2D eigenvalue weighted by Gasteiger charge is 2.65. The van der Waals surface area contributed by atoms with Crippen molar-refractivity contribution in [3.63, 3.8) is 0 Å². The van der Waals surface area contributed by atoms with Crippen LogP contribution in [0, 0.1) is 57.7 Å². The zero-order valence-corrected chi connectivity index (χ0v) is 27.1. The van der Waals surface area contributed by atoms with E-state index in [9.17, 15) is 9.59 Å². The Labute approximate surface area is 253 Å².